The molecule has 0 atom stereocenters. The summed E-state index contributed by atoms with van der Waals surface area (Å²) in [4.78, 5) is 0. The summed E-state index contributed by atoms with van der Waals surface area (Å²) in [6.07, 6.45) is 11.0. The van der Waals surface area contributed by atoms with E-state index < -0.39 is 7.26 Å². The van der Waals surface area contributed by atoms with E-state index in [4.69, 9.17) is 14.2 Å². The van der Waals surface area contributed by atoms with E-state index >= 15 is 0 Å². The molecule has 1 aliphatic carbocycles. The van der Waals surface area contributed by atoms with Crippen LogP contribution < -0.4 is 0 Å². The van der Waals surface area contributed by atoms with Crippen LogP contribution in [0.25, 0.3) is 0 Å². The summed E-state index contributed by atoms with van der Waals surface area (Å²) in [5.41, 5.74) is 0. The average Bonchev–Trinajstić information content (AvgIpc) is 2.41. The summed E-state index contributed by atoms with van der Waals surface area (Å²) < 4.78 is 17.5. The average molecular weight is 262 g/mol. The van der Waals surface area contributed by atoms with Gasteiger partial charge in [0, 0.05) is 0 Å². The van der Waals surface area contributed by atoms with E-state index in [1.165, 1.54) is 44.4 Å². The van der Waals surface area contributed by atoms with Gasteiger partial charge in [0.2, 0.25) is 0 Å². The number of hydrogen-bond donors (Lipinski definition) is 0. The molecule has 0 aromatic rings. The Labute approximate surface area is 106 Å². The van der Waals surface area contributed by atoms with Crippen LogP contribution in [0.2, 0.25) is 0 Å². The van der Waals surface area contributed by atoms with Crippen molar-refractivity contribution in [1.29, 1.82) is 0 Å². The van der Waals surface area contributed by atoms with Gasteiger partial charge < -0.3 is 0 Å². The molecular weight excluding hydrogens is 235 g/mol. The zero-order valence-electron chi connectivity index (χ0n) is 11.2. The maximum atomic E-state index is 5.89. The minimum atomic E-state index is -1.26. The van der Waals surface area contributed by atoms with Gasteiger partial charge in [-0.2, -0.15) is 0 Å². The molecule has 4 heteroatoms. The molecule has 102 valence electrons. The van der Waals surface area contributed by atoms with Crippen LogP contribution in [0.1, 0.15) is 46.0 Å². The summed E-state index contributed by atoms with van der Waals surface area (Å²) in [5, 5.41) is 0. The van der Waals surface area contributed by atoms with Gasteiger partial charge in [0.15, 0.2) is 0 Å². The Morgan fingerprint density at radius 1 is 1.00 bits per heavy atom. The SMILES string of the molecule is CC[PH]1(CC)COC(OC2CCCCC2)OC1. The second-order valence-corrected chi connectivity index (χ2v) is 10.5. The van der Waals surface area contributed by atoms with Crippen molar-refractivity contribution < 1.29 is 14.2 Å². The van der Waals surface area contributed by atoms with Crippen molar-refractivity contribution in [1.82, 2.24) is 0 Å². The molecule has 0 radical (unpaired) electrons. The molecule has 2 fully saturated rings. The Morgan fingerprint density at radius 2 is 1.59 bits per heavy atom. The van der Waals surface area contributed by atoms with Gasteiger partial charge in [-0.15, -0.1) is 0 Å². The summed E-state index contributed by atoms with van der Waals surface area (Å²) in [7, 11) is -1.26. The van der Waals surface area contributed by atoms with Crippen molar-refractivity contribution in [2.45, 2.75) is 58.5 Å². The summed E-state index contributed by atoms with van der Waals surface area (Å²) in [6, 6.07) is 0. The summed E-state index contributed by atoms with van der Waals surface area (Å²) in [6.45, 7) is 4.16. The number of hydrogen-bond acceptors (Lipinski definition) is 3. The second kappa shape index (κ2) is 6.47. The molecule has 0 aromatic carbocycles. The third-order valence-electron chi connectivity index (χ3n) is 4.41. The van der Waals surface area contributed by atoms with Crippen molar-refractivity contribution in [3.8, 4) is 0 Å². The van der Waals surface area contributed by atoms with Gasteiger partial charge in [0.05, 0.1) is 0 Å². The van der Waals surface area contributed by atoms with Crippen molar-refractivity contribution in [3.05, 3.63) is 0 Å². The van der Waals surface area contributed by atoms with Gasteiger partial charge in [-0.05, 0) is 0 Å². The summed E-state index contributed by atoms with van der Waals surface area (Å²) >= 11 is 0. The van der Waals surface area contributed by atoms with Gasteiger partial charge in [0.1, 0.15) is 0 Å². The standard InChI is InChI=1S/C13H27O3P/c1-3-17(4-2)10-14-13(15-11-17)16-12-8-6-5-7-9-12/h12-13,17H,3-11H2,1-2H3. The molecule has 3 nitrogen and oxygen atoms in total. The second-order valence-electron chi connectivity index (χ2n) is 5.51. The van der Waals surface area contributed by atoms with Crippen LogP contribution in [-0.2, 0) is 14.2 Å². The molecule has 2 aliphatic rings. The maximum absolute atomic E-state index is 5.89. The first-order valence-corrected chi connectivity index (χ1v) is 9.99. The van der Waals surface area contributed by atoms with Crippen LogP contribution in [0.15, 0.2) is 0 Å². The fourth-order valence-corrected chi connectivity index (χ4v) is 5.05. The number of ether oxygens (including phenoxy) is 3. The van der Waals surface area contributed by atoms with Gasteiger partial charge in [0.25, 0.3) is 0 Å². The minimum absolute atomic E-state index is 0.367. The Hall–Kier alpha value is 0.310. The van der Waals surface area contributed by atoms with Crippen molar-refractivity contribution in [2.24, 2.45) is 0 Å². The Kier molecular flexibility index (Phi) is 5.23. The van der Waals surface area contributed by atoms with Crippen LogP contribution in [-0.4, -0.2) is 37.6 Å². The first-order chi connectivity index (χ1) is 8.28. The van der Waals surface area contributed by atoms with Gasteiger partial charge >= 0.3 is 105 Å². The molecule has 0 bridgehead atoms. The van der Waals surface area contributed by atoms with Crippen molar-refractivity contribution in [3.63, 3.8) is 0 Å². The molecule has 1 heterocycles. The van der Waals surface area contributed by atoms with E-state index in [1.807, 2.05) is 0 Å². The van der Waals surface area contributed by atoms with E-state index in [0.717, 1.165) is 12.7 Å². The number of rotatable bonds is 4. The quantitative estimate of drug-likeness (QED) is 0.727. The van der Waals surface area contributed by atoms with Crippen LogP contribution in [0, 0.1) is 0 Å². The third-order valence-corrected chi connectivity index (χ3v) is 8.97. The first-order valence-electron chi connectivity index (χ1n) is 7.17. The normalized spacial score (nSPS) is 32.2. The summed E-state index contributed by atoms with van der Waals surface area (Å²) in [5.74, 6) is 0. The molecule has 2 rings (SSSR count). The molecule has 1 saturated carbocycles. The van der Waals surface area contributed by atoms with Crippen LogP contribution in [0.4, 0.5) is 0 Å². The van der Waals surface area contributed by atoms with Gasteiger partial charge in [-0.25, -0.2) is 0 Å². The van der Waals surface area contributed by atoms with E-state index in [1.54, 1.807) is 0 Å². The monoisotopic (exact) mass is 262 g/mol. The van der Waals surface area contributed by atoms with E-state index in [9.17, 15) is 0 Å². The predicted molar refractivity (Wildman–Crippen MR) is 73.0 cm³/mol. The predicted octanol–water partition coefficient (Wildman–Crippen LogP) is 3.37. The van der Waals surface area contributed by atoms with E-state index in [2.05, 4.69) is 13.8 Å². The van der Waals surface area contributed by atoms with Gasteiger partial charge in [-0.1, -0.05) is 0 Å². The zero-order valence-corrected chi connectivity index (χ0v) is 12.2. The third kappa shape index (κ3) is 3.64. The zero-order chi connectivity index (χ0) is 12.1. The molecule has 0 N–H and O–H groups in total. The molecule has 0 spiro atoms. The first kappa shape index (κ1) is 13.7. The van der Waals surface area contributed by atoms with E-state index in [-0.39, 0.29) is 6.48 Å². The van der Waals surface area contributed by atoms with Crippen LogP contribution in [0.3, 0.4) is 0 Å². The molecular formula is C13H27O3P. The van der Waals surface area contributed by atoms with Gasteiger partial charge in [-0.3, -0.25) is 0 Å². The van der Waals surface area contributed by atoms with Crippen LogP contribution in [0.5, 0.6) is 0 Å². The molecule has 17 heavy (non-hydrogen) atoms. The molecule has 0 unspecified atom stereocenters. The molecule has 1 aliphatic heterocycles. The van der Waals surface area contributed by atoms with Crippen molar-refractivity contribution >= 4 is 7.26 Å². The van der Waals surface area contributed by atoms with E-state index in [0.29, 0.717) is 6.10 Å². The van der Waals surface area contributed by atoms with Crippen LogP contribution >= 0.6 is 7.26 Å². The Morgan fingerprint density at radius 3 is 2.12 bits per heavy atom. The molecule has 1 saturated heterocycles. The Bertz CT molecular complexity index is 215. The topological polar surface area (TPSA) is 27.7 Å². The fourth-order valence-electron chi connectivity index (χ4n) is 2.67. The molecule has 0 amide bonds. The van der Waals surface area contributed by atoms with Crippen molar-refractivity contribution in [2.75, 3.05) is 25.0 Å². The fraction of sp³-hybridized carbons (Fsp3) is 1.00. The molecule has 0 aromatic heterocycles. The Balaban J connectivity index is 1.74.